The van der Waals surface area contributed by atoms with Crippen LogP contribution in [-0.2, 0) is 7.05 Å². The molecule has 2 aromatic rings. The maximum Gasteiger partial charge on any atom is 0.334 e. The summed E-state index contributed by atoms with van der Waals surface area (Å²) in [6.45, 7) is 1.64. The molecule has 0 saturated heterocycles. The number of aryl methyl sites for hydroxylation is 2. The highest BCUT2D eigenvalue weighted by atomic mass is 16.6. The standard InChI is InChI=1S/C11H9N3O5/c1-6-3-7-5-9(14(18)19)11(15)12(2)10(7)8(4-6)13(16)17/h3-5H,1-2H3. The second kappa shape index (κ2) is 4.16. The Morgan fingerprint density at radius 2 is 1.63 bits per heavy atom. The number of aromatic nitrogens is 1. The fourth-order valence-electron chi connectivity index (χ4n) is 2.02. The summed E-state index contributed by atoms with van der Waals surface area (Å²) in [4.78, 5) is 32.2. The first-order valence-corrected chi connectivity index (χ1v) is 5.26. The number of nitrogens with zero attached hydrogens (tertiary/aromatic N) is 3. The molecular weight excluding hydrogens is 254 g/mol. The smallest absolute Gasteiger partial charge is 0.300 e. The minimum absolute atomic E-state index is 0.0752. The van der Waals surface area contributed by atoms with E-state index in [1.807, 2.05) is 0 Å². The van der Waals surface area contributed by atoms with Gasteiger partial charge in [-0.1, -0.05) is 0 Å². The van der Waals surface area contributed by atoms with E-state index in [1.165, 1.54) is 13.1 Å². The van der Waals surface area contributed by atoms with Gasteiger partial charge in [0.25, 0.3) is 5.69 Å². The highest BCUT2D eigenvalue weighted by Gasteiger charge is 2.22. The highest BCUT2D eigenvalue weighted by molar-refractivity contribution is 5.89. The maximum atomic E-state index is 11.8. The van der Waals surface area contributed by atoms with Gasteiger partial charge in [0.05, 0.1) is 9.85 Å². The second-order valence-corrected chi connectivity index (χ2v) is 4.13. The number of nitro benzene ring substituents is 1. The van der Waals surface area contributed by atoms with Crippen molar-refractivity contribution >= 4 is 22.3 Å². The van der Waals surface area contributed by atoms with E-state index in [-0.39, 0.29) is 11.2 Å². The summed E-state index contributed by atoms with van der Waals surface area (Å²) in [5.41, 5.74) is -1.05. The lowest BCUT2D eigenvalue weighted by atomic mass is 10.1. The third-order valence-electron chi connectivity index (χ3n) is 2.81. The van der Waals surface area contributed by atoms with Gasteiger partial charge in [-0.05, 0) is 18.6 Å². The Balaban J connectivity index is 3.04. The normalized spacial score (nSPS) is 10.6. The van der Waals surface area contributed by atoms with Gasteiger partial charge in [0.2, 0.25) is 0 Å². The average molecular weight is 263 g/mol. The molecular formula is C11H9N3O5. The number of benzene rings is 1. The van der Waals surface area contributed by atoms with E-state index in [0.29, 0.717) is 10.9 Å². The van der Waals surface area contributed by atoms with Crippen molar-refractivity contribution in [3.8, 4) is 0 Å². The van der Waals surface area contributed by atoms with Gasteiger partial charge in [-0.25, -0.2) is 0 Å². The van der Waals surface area contributed by atoms with Crippen molar-refractivity contribution in [3.63, 3.8) is 0 Å². The van der Waals surface area contributed by atoms with Crippen molar-refractivity contribution in [1.82, 2.24) is 4.57 Å². The van der Waals surface area contributed by atoms with Gasteiger partial charge in [0.1, 0.15) is 5.52 Å². The molecule has 0 radical (unpaired) electrons. The van der Waals surface area contributed by atoms with E-state index in [9.17, 15) is 25.0 Å². The zero-order valence-corrected chi connectivity index (χ0v) is 10.1. The maximum absolute atomic E-state index is 11.8. The van der Waals surface area contributed by atoms with Crippen LogP contribution in [0, 0.1) is 27.2 Å². The lowest BCUT2D eigenvalue weighted by Crippen LogP contribution is -2.20. The Hall–Kier alpha value is -2.77. The SMILES string of the molecule is Cc1cc([N+](=O)[O-])c2c(c1)cc([N+](=O)[O-])c(=O)n2C. The Morgan fingerprint density at radius 1 is 1.05 bits per heavy atom. The van der Waals surface area contributed by atoms with E-state index in [0.717, 1.165) is 10.6 Å². The van der Waals surface area contributed by atoms with E-state index >= 15 is 0 Å². The van der Waals surface area contributed by atoms with Crippen molar-refractivity contribution in [2.45, 2.75) is 6.92 Å². The Bertz CT molecular complexity index is 778. The summed E-state index contributed by atoms with van der Waals surface area (Å²) in [5.74, 6) is 0. The molecule has 2 rings (SSSR count). The van der Waals surface area contributed by atoms with Crippen LogP contribution in [0.1, 0.15) is 5.56 Å². The molecule has 8 nitrogen and oxygen atoms in total. The molecule has 0 unspecified atom stereocenters. The highest BCUT2D eigenvalue weighted by Crippen LogP contribution is 2.27. The third kappa shape index (κ3) is 1.92. The van der Waals surface area contributed by atoms with Gasteiger partial charge in [-0.2, -0.15) is 0 Å². The van der Waals surface area contributed by atoms with Gasteiger partial charge < -0.3 is 0 Å². The fourth-order valence-corrected chi connectivity index (χ4v) is 2.02. The van der Waals surface area contributed by atoms with Crippen LogP contribution in [0.15, 0.2) is 23.0 Å². The summed E-state index contributed by atoms with van der Waals surface area (Å²) >= 11 is 0. The van der Waals surface area contributed by atoms with Crippen LogP contribution < -0.4 is 5.56 Å². The molecule has 1 heterocycles. The molecule has 8 heteroatoms. The zero-order chi connectivity index (χ0) is 14.3. The monoisotopic (exact) mass is 263 g/mol. The van der Waals surface area contributed by atoms with E-state index in [4.69, 9.17) is 0 Å². The summed E-state index contributed by atoms with van der Waals surface area (Å²) in [7, 11) is 1.28. The van der Waals surface area contributed by atoms with Crippen molar-refractivity contribution in [1.29, 1.82) is 0 Å². The predicted octanol–water partition coefficient (Wildman–Crippen LogP) is 1.66. The topological polar surface area (TPSA) is 108 Å². The number of hydrogen-bond donors (Lipinski definition) is 0. The second-order valence-electron chi connectivity index (χ2n) is 4.13. The molecule has 98 valence electrons. The molecule has 0 amide bonds. The molecule has 1 aromatic carbocycles. The summed E-state index contributed by atoms with van der Waals surface area (Å²) in [5, 5.41) is 22.1. The molecule has 0 N–H and O–H groups in total. The van der Waals surface area contributed by atoms with Gasteiger partial charge in [0, 0.05) is 24.6 Å². The van der Waals surface area contributed by atoms with Crippen LogP contribution in [0.2, 0.25) is 0 Å². The first-order chi connectivity index (χ1) is 8.82. The Morgan fingerprint density at radius 3 is 2.16 bits per heavy atom. The lowest BCUT2D eigenvalue weighted by molar-refractivity contribution is -0.386. The van der Waals surface area contributed by atoms with E-state index in [1.54, 1.807) is 13.0 Å². The quantitative estimate of drug-likeness (QED) is 0.604. The average Bonchev–Trinajstić information content (AvgIpc) is 2.31. The molecule has 0 spiro atoms. The Kier molecular flexibility index (Phi) is 2.78. The summed E-state index contributed by atoms with van der Waals surface area (Å²) in [6.07, 6.45) is 0. The van der Waals surface area contributed by atoms with Gasteiger partial charge in [0.15, 0.2) is 0 Å². The molecule has 0 atom stereocenters. The molecule has 0 aliphatic heterocycles. The number of nitro groups is 2. The fraction of sp³-hybridized carbons (Fsp3) is 0.182. The molecule has 1 aromatic heterocycles. The minimum atomic E-state index is -0.871. The van der Waals surface area contributed by atoms with Gasteiger partial charge in [-0.3, -0.25) is 29.6 Å². The van der Waals surface area contributed by atoms with Gasteiger partial charge >= 0.3 is 11.2 Å². The zero-order valence-electron chi connectivity index (χ0n) is 10.1. The van der Waals surface area contributed by atoms with Crippen molar-refractivity contribution < 1.29 is 9.85 Å². The molecule has 0 aliphatic rings. The van der Waals surface area contributed by atoms with E-state index in [2.05, 4.69) is 0 Å². The van der Waals surface area contributed by atoms with Crippen LogP contribution in [0.25, 0.3) is 10.9 Å². The van der Waals surface area contributed by atoms with Crippen molar-refractivity contribution in [3.05, 3.63) is 54.3 Å². The number of hydrogen-bond acceptors (Lipinski definition) is 5. The molecule has 0 aliphatic carbocycles. The van der Waals surface area contributed by atoms with E-state index < -0.39 is 21.1 Å². The van der Waals surface area contributed by atoms with Crippen LogP contribution in [0.4, 0.5) is 11.4 Å². The lowest BCUT2D eigenvalue weighted by Gasteiger charge is -2.06. The summed E-state index contributed by atoms with van der Waals surface area (Å²) in [6, 6.07) is 3.96. The van der Waals surface area contributed by atoms with Crippen LogP contribution in [0.3, 0.4) is 0 Å². The van der Waals surface area contributed by atoms with Crippen LogP contribution in [-0.4, -0.2) is 14.4 Å². The largest absolute Gasteiger partial charge is 0.334 e. The minimum Gasteiger partial charge on any atom is -0.300 e. The predicted molar refractivity (Wildman–Crippen MR) is 67.2 cm³/mol. The first-order valence-electron chi connectivity index (χ1n) is 5.26. The Labute approximate surface area is 106 Å². The number of rotatable bonds is 2. The van der Waals surface area contributed by atoms with Crippen molar-refractivity contribution in [2.75, 3.05) is 0 Å². The van der Waals surface area contributed by atoms with Crippen molar-refractivity contribution in [2.24, 2.45) is 7.05 Å². The van der Waals surface area contributed by atoms with Crippen LogP contribution >= 0.6 is 0 Å². The molecule has 0 bridgehead atoms. The number of non-ortho nitro benzene ring substituents is 1. The third-order valence-corrected chi connectivity index (χ3v) is 2.81. The molecule has 0 fully saturated rings. The number of pyridine rings is 1. The van der Waals surface area contributed by atoms with Gasteiger partial charge in [-0.15, -0.1) is 0 Å². The molecule has 0 saturated carbocycles. The van der Waals surface area contributed by atoms with Crippen LogP contribution in [0.5, 0.6) is 0 Å². The summed E-state index contributed by atoms with van der Waals surface area (Å²) < 4.78 is 0.936. The molecule has 19 heavy (non-hydrogen) atoms. The number of fused-ring (bicyclic) bond motifs is 1. The first kappa shape index (κ1) is 12.7.